The van der Waals surface area contributed by atoms with Crippen LogP contribution in [0.25, 0.3) is 0 Å². The van der Waals surface area contributed by atoms with E-state index in [9.17, 15) is 0 Å². The Balaban J connectivity index is 0.000000167. The maximum absolute atomic E-state index is 6.05. The summed E-state index contributed by atoms with van der Waals surface area (Å²) in [5, 5.41) is 5.64. The number of hydrogen-bond donors (Lipinski definition) is 3. The van der Waals surface area contributed by atoms with Crippen molar-refractivity contribution in [1.29, 1.82) is 0 Å². The number of nitrogens with two attached hydrogens (primary N) is 2. The molecule has 4 aromatic heterocycles. The fourth-order valence-corrected chi connectivity index (χ4v) is 9.04. The number of aromatic nitrogens is 6. The molecule has 54 heavy (non-hydrogen) atoms. The summed E-state index contributed by atoms with van der Waals surface area (Å²) in [6.07, 6.45) is 22.7. The molecule has 2 saturated heterocycles. The highest BCUT2D eigenvalue weighted by Gasteiger charge is 2.44. The monoisotopic (exact) mass is 811 g/mol. The molecule has 2 saturated carbocycles. The van der Waals surface area contributed by atoms with Crippen molar-refractivity contribution in [3.05, 3.63) is 75.0 Å². The Hall–Kier alpha value is -3.38. The third-order valence-corrected chi connectivity index (χ3v) is 12.7. The number of rotatable bonds is 12. The first-order chi connectivity index (χ1) is 26.2. The van der Waals surface area contributed by atoms with E-state index in [1.165, 1.54) is 63.4 Å². The van der Waals surface area contributed by atoms with Crippen molar-refractivity contribution in [3.8, 4) is 0 Å². The van der Waals surface area contributed by atoms with E-state index in [1.54, 1.807) is 31.0 Å². The van der Waals surface area contributed by atoms with E-state index in [0.717, 1.165) is 92.2 Å². The molecule has 11 nitrogen and oxygen atoms in total. The third kappa shape index (κ3) is 10.5. The van der Waals surface area contributed by atoms with E-state index in [1.807, 2.05) is 18.3 Å². The van der Waals surface area contributed by atoms with Crippen molar-refractivity contribution in [2.45, 2.75) is 64.2 Å². The molecular weight excluding hydrogens is 764 g/mol. The Bertz CT molecular complexity index is 1680. The molecule has 288 valence electrons. The first-order valence-electron chi connectivity index (χ1n) is 19.2. The zero-order valence-corrected chi connectivity index (χ0v) is 33.5. The molecule has 0 spiro atoms. The number of nitrogens with zero attached hydrogens (tertiary/aromatic N) is 8. The number of pyridine rings is 2. The average Bonchev–Trinajstić information content (AvgIpc) is 4.13. The van der Waals surface area contributed by atoms with E-state index in [-0.39, 0.29) is 0 Å². The Kier molecular flexibility index (Phi) is 13.0. The molecule has 0 amide bonds. The second-order valence-corrected chi connectivity index (χ2v) is 17.0. The zero-order chi connectivity index (χ0) is 37.6. The van der Waals surface area contributed by atoms with Gasteiger partial charge in [0, 0.05) is 38.9 Å². The van der Waals surface area contributed by atoms with E-state index in [4.69, 9.17) is 57.9 Å². The summed E-state index contributed by atoms with van der Waals surface area (Å²) in [6.45, 7) is 5.10. The maximum atomic E-state index is 6.05. The highest BCUT2D eigenvalue weighted by molar-refractivity contribution is 6.33. The number of halogens is 4. The first kappa shape index (κ1) is 38.9. The lowest BCUT2D eigenvalue weighted by atomic mass is 9.90. The highest BCUT2D eigenvalue weighted by atomic mass is 35.5. The SMILES string of the molecule is Nc1ncc(CCC[C@@H]2C[C@@H]2C2CCN(c3ncc(Cl)cn3)CC2)cc1Cl.Nc1ncc(NCC[C@@H]2C[C@@H]2C2CCN(c3ncc(Cl)cn3)CC2)cc1Cl. The van der Waals surface area contributed by atoms with E-state index in [2.05, 4.69) is 45.0 Å². The number of aryl methyl sites for hydroxylation is 1. The lowest BCUT2D eigenvalue weighted by Crippen LogP contribution is -2.35. The summed E-state index contributed by atoms with van der Waals surface area (Å²) in [4.78, 5) is 30.1. The van der Waals surface area contributed by atoms with Gasteiger partial charge in [-0.3, -0.25) is 0 Å². The minimum atomic E-state index is 0.375. The summed E-state index contributed by atoms with van der Waals surface area (Å²) >= 11 is 23.8. The van der Waals surface area contributed by atoms with Crippen molar-refractivity contribution in [1.82, 2.24) is 29.9 Å². The van der Waals surface area contributed by atoms with Gasteiger partial charge in [0.25, 0.3) is 0 Å². The van der Waals surface area contributed by atoms with Gasteiger partial charge in [-0.1, -0.05) is 46.4 Å². The largest absolute Gasteiger partial charge is 0.384 e. The van der Waals surface area contributed by atoms with Crippen molar-refractivity contribution in [2.24, 2.45) is 35.5 Å². The highest BCUT2D eigenvalue weighted by Crippen LogP contribution is 2.51. The van der Waals surface area contributed by atoms with Crippen molar-refractivity contribution >= 4 is 75.6 Å². The molecule has 2 aliphatic heterocycles. The lowest BCUT2D eigenvalue weighted by molar-refractivity contribution is 0.341. The van der Waals surface area contributed by atoms with Crippen LogP contribution in [-0.4, -0.2) is 62.6 Å². The zero-order valence-electron chi connectivity index (χ0n) is 30.4. The number of anilines is 5. The van der Waals surface area contributed by atoms with E-state index < -0.39 is 0 Å². The molecule has 4 aromatic rings. The van der Waals surface area contributed by atoms with Gasteiger partial charge in [0.1, 0.15) is 11.6 Å². The molecule has 15 heteroatoms. The maximum Gasteiger partial charge on any atom is 0.225 e. The molecule has 4 aliphatic rings. The van der Waals surface area contributed by atoms with Crippen LogP contribution in [0.15, 0.2) is 49.3 Å². The molecule has 6 heterocycles. The topological polar surface area (TPSA) is 148 Å². The number of nitrogens with one attached hydrogen (secondary N) is 1. The second-order valence-electron chi connectivity index (χ2n) is 15.3. The molecule has 8 rings (SSSR count). The molecule has 4 atom stereocenters. The predicted octanol–water partition coefficient (Wildman–Crippen LogP) is 8.75. The fraction of sp³-hybridized carbons (Fsp3) is 0.538. The van der Waals surface area contributed by atoms with E-state index >= 15 is 0 Å². The van der Waals surface area contributed by atoms with Gasteiger partial charge in [0.2, 0.25) is 11.9 Å². The molecular formula is C39H49Cl4N11. The number of nitrogen functional groups attached to an aromatic ring is 2. The smallest absolute Gasteiger partial charge is 0.225 e. The summed E-state index contributed by atoms with van der Waals surface area (Å²) in [5.41, 5.74) is 13.4. The quantitative estimate of drug-likeness (QED) is 0.126. The van der Waals surface area contributed by atoms with Crippen LogP contribution in [0.1, 0.15) is 63.4 Å². The van der Waals surface area contributed by atoms with Gasteiger partial charge in [-0.05, 0) is 117 Å². The van der Waals surface area contributed by atoms with Crippen molar-refractivity contribution in [2.75, 3.05) is 59.3 Å². The van der Waals surface area contributed by atoms with Crippen LogP contribution in [0.3, 0.4) is 0 Å². The molecule has 2 aliphatic carbocycles. The van der Waals surface area contributed by atoms with Crippen LogP contribution >= 0.6 is 46.4 Å². The summed E-state index contributed by atoms with van der Waals surface area (Å²) in [5.74, 6) is 7.57. The summed E-state index contributed by atoms with van der Waals surface area (Å²) in [6, 6.07) is 3.78. The molecule has 0 unspecified atom stereocenters. The van der Waals surface area contributed by atoms with E-state index in [0.29, 0.717) is 31.7 Å². The van der Waals surface area contributed by atoms with Gasteiger partial charge in [-0.15, -0.1) is 0 Å². The fourth-order valence-electron chi connectivity index (χ4n) is 8.49. The van der Waals surface area contributed by atoms with Gasteiger partial charge in [-0.25, -0.2) is 29.9 Å². The van der Waals surface area contributed by atoms with Gasteiger partial charge in [0.05, 0.1) is 56.8 Å². The Morgan fingerprint density at radius 2 is 1.09 bits per heavy atom. The van der Waals surface area contributed by atoms with Gasteiger partial charge >= 0.3 is 0 Å². The first-order valence-corrected chi connectivity index (χ1v) is 20.7. The van der Waals surface area contributed by atoms with Crippen LogP contribution in [0.4, 0.5) is 29.2 Å². The van der Waals surface area contributed by atoms with Gasteiger partial charge < -0.3 is 26.6 Å². The lowest BCUT2D eigenvalue weighted by Gasteiger charge is -2.32. The van der Waals surface area contributed by atoms with Crippen molar-refractivity contribution < 1.29 is 0 Å². The van der Waals surface area contributed by atoms with Gasteiger partial charge in [-0.2, -0.15) is 0 Å². The predicted molar refractivity (Wildman–Crippen MR) is 221 cm³/mol. The van der Waals surface area contributed by atoms with Gasteiger partial charge in [0.15, 0.2) is 0 Å². The number of hydrogen-bond acceptors (Lipinski definition) is 11. The second kappa shape index (κ2) is 18.0. The average molecular weight is 814 g/mol. The van der Waals surface area contributed by atoms with Crippen molar-refractivity contribution in [3.63, 3.8) is 0 Å². The van der Waals surface area contributed by atoms with Crippen LogP contribution in [0, 0.1) is 35.5 Å². The third-order valence-electron chi connectivity index (χ3n) is 11.7. The van der Waals surface area contributed by atoms with Crippen LogP contribution in [-0.2, 0) is 6.42 Å². The Morgan fingerprint density at radius 1 is 0.611 bits per heavy atom. The van der Waals surface area contributed by atoms with Crippen LogP contribution in [0.2, 0.25) is 20.1 Å². The Morgan fingerprint density at radius 3 is 1.59 bits per heavy atom. The minimum absolute atomic E-state index is 0.375. The molecule has 4 fully saturated rings. The minimum Gasteiger partial charge on any atom is -0.384 e. The Labute approximate surface area is 338 Å². The molecule has 0 radical (unpaired) electrons. The normalized spacial score (nSPS) is 22.7. The number of piperidine rings is 2. The molecule has 5 N–H and O–H groups in total. The summed E-state index contributed by atoms with van der Waals surface area (Å²) < 4.78 is 0. The standard InChI is InChI=1S/C20H25Cl2N5.C19H24Cl2N6/c21-16-11-25-20(26-12-16)27-6-4-14(5-7-27)17-9-15(17)3-1-2-13-8-18(22)19(23)24-10-13;20-14-9-25-19(26-10-14)27-5-2-12(3-6-27)16-7-13(16)1-4-23-15-8-17(21)18(22)24-11-15/h8,10-12,14-15,17H,1-7,9H2,(H2,23,24);8-13,16,23H,1-7H2,(H2,22,24)/t15-,17-;13-,16-/m11/s1. The molecule has 0 bridgehead atoms. The van der Waals surface area contributed by atoms with Crippen LogP contribution in [0.5, 0.6) is 0 Å². The molecule has 0 aromatic carbocycles. The van der Waals surface area contributed by atoms with Crippen LogP contribution < -0.4 is 26.6 Å². The summed E-state index contributed by atoms with van der Waals surface area (Å²) in [7, 11) is 0.